The second kappa shape index (κ2) is 5.38. The van der Waals surface area contributed by atoms with Crippen LogP contribution in [0.1, 0.15) is 24.2 Å². The van der Waals surface area contributed by atoms with Gasteiger partial charge < -0.3 is 21.5 Å². The van der Waals surface area contributed by atoms with Gasteiger partial charge in [-0.3, -0.25) is 4.79 Å². The Morgan fingerprint density at radius 1 is 1.21 bits per heavy atom. The fourth-order valence-corrected chi connectivity index (χ4v) is 1.28. The van der Waals surface area contributed by atoms with Crippen LogP contribution in [0, 0.1) is 0 Å². The van der Waals surface area contributed by atoms with Crippen LogP contribution in [0.2, 0.25) is 0 Å². The Hall–Kier alpha value is -2.57. The van der Waals surface area contributed by atoms with Crippen LogP contribution in [-0.2, 0) is 4.79 Å². The maximum absolute atomic E-state index is 11.7. The van der Waals surface area contributed by atoms with Gasteiger partial charge >= 0.3 is 12.0 Å². The summed E-state index contributed by atoms with van der Waals surface area (Å²) >= 11 is 0. The molecule has 0 unspecified atom stereocenters. The molecule has 0 aliphatic carbocycles. The largest absolute Gasteiger partial charge is 0.478 e. The van der Waals surface area contributed by atoms with Gasteiger partial charge in [0.15, 0.2) is 0 Å². The van der Waals surface area contributed by atoms with Crippen LogP contribution in [0.4, 0.5) is 10.5 Å². The Balaban J connectivity index is 2.84. The molecule has 0 atom stereocenters. The number of carbonyl (C=O) groups excluding carboxylic acids is 2. The Morgan fingerprint density at radius 3 is 2.32 bits per heavy atom. The van der Waals surface area contributed by atoms with Crippen molar-refractivity contribution in [3.05, 3.63) is 29.8 Å². The normalized spacial score (nSPS) is 10.6. The minimum atomic E-state index is -1.23. The molecule has 5 N–H and O–H groups in total. The molecule has 7 heteroatoms. The molecule has 1 aromatic carbocycles. The fraction of sp³-hybridized carbons (Fsp3) is 0.250. The van der Waals surface area contributed by atoms with E-state index in [1.165, 1.54) is 26.0 Å². The number of primary amides is 1. The lowest BCUT2D eigenvalue weighted by atomic mass is 10.1. The maximum atomic E-state index is 11.7. The highest BCUT2D eigenvalue weighted by Gasteiger charge is 2.27. The summed E-state index contributed by atoms with van der Waals surface area (Å²) in [5.74, 6) is -1.86. The second-order valence-electron chi connectivity index (χ2n) is 4.42. The number of hydrogen-bond donors (Lipinski definition) is 4. The van der Waals surface area contributed by atoms with Crippen molar-refractivity contribution in [2.45, 2.75) is 19.4 Å². The molecule has 0 aromatic heterocycles. The third-order valence-electron chi connectivity index (χ3n) is 2.45. The monoisotopic (exact) mass is 265 g/mol. The van der Waals surface area contributed by atoms with Gasteiger partial charge in [-0.25, -0.2) is 9.59 Å². The highest BCUT2D eigenvalue weighted by atomic mass is 16.4. The highest BCUT2D eigenvalue weighted by Crippen LogP contribution is 2.15. The van der Waals surface area contributed by atoms with Crippen LogP contribution >= 0.6 is 0 Å². The molecule has 19 heavy (non-hydrogen) atoms. The van der Waals surface area contributed by atoms with Crippen molar-refractivity contribution < 1.29 is 19.5 Å². The lowest BCUT2D eigenvalue weighted by molar-refractivity contribution is -0.122. The van der Waals surface area contributed by atoms with E-state index in [-0.39, 0.29) is 11.3 Å². The van der Waals surface area contributed by atoms with Crippen LogP contribution in [0.5, 0.6) is 0 Å². The van der Waals surface area contributed by atoms with E-state index < -0.39 is 23.4 Å². The van der Waals surface area contributed by atoms with Gasteiger partial charge in [0.2, 0.25) is 5.91 Å². The van der Waals surface area contributed by atoms with Crippen molar-refractivity contribution in [2.75, 3.05) is 5.32 Å². The summed E-state index contributed by atoms with van der Waals surface area (Å²) in [5.41, 5.74) is 3.97. The Labute approximate surface area is 109 Å². The van der Waals surface area contributed by atoms with E-state index >= 15 is 0 Å². The van der Waals surface area contributed by atoms with Gasteiger partial charge in [0, 0.05) is 0 Å². The van der Waals surface area contributed by atoms with E-state index in [0.29, 0.717) is 0 Å². The number of rotatable bonds is 4. The van der Waals surface area contributed by atoms with Crippen molar-refractivity contribution in [2.24, 2.45) is 5.73 Å². The SMILES string of the molecule is CC(C)(NC(=O)Nc1ccccc1C(=O)O)C(N)=O. The first-order valence-electron chi connectivity index (χ1n) is 5.45. The van der Waals surface area contributed by atoms with Gasteiger partial charge in [-0.05, 0) is 26.0 Å². The van der Waals surface area contributed by atoms with E-state index in [0.717, 1.165) is 0 Å². The Morgan fingerprint density at radius 2 is 1.79 bits per heavy atom. The van der Waals surface area contributed by atoms with Crippen molar-refractivity contribution >= 4 is 23.6 Å². The van der Waals surface area contributed by atoms with Crippen molar-refractivity contribution in [3.8, 4) is 0 Å². The molecule has 0 spiro atoms. The first kappa shape index (κ1) is 14.5. The number of benzene rings is 1. The lowest BCUT2D eigenvalue weighted by Crippen LogP contribution is -2.54. The molecular weight excluding hydrogens is 250 g/mol. The zero-order chi connectivity index (χ0) is 14.6. The number of amides is 3. The molecule has 0 aliphatic rings. The van der Waals surface area contributed by atoms with E-state index in [9.17, 15) is 14.4 Å². The molecule has 7 nitrogen and oxygen atoms in total. The number of carbonyl (C=O) groups is 3. The molecule has 1 aromatic rings. The average molecular weight is 265 g/mol. The molecule has 3 amide bonds. The van der Waals surface area contributed by atoms with Gasteiger partial charge in [-0.1, -0.05) is 12.1 Å². The first-order chi connectivity index (χ1) is 8.74. The third kappa shape index (κ3) is 3.70. The zero-order valence-electron chi connectivity index (χ0n) is 10.6. The van der Waals surface area contributed by atoms with Gasteiger partial charge in [0.05, 0.1) is 11.3 Å². The summed E-state index contributed by atoms with van der Waals surface area (Å²) in [6.07, 6.45) is 0. The van der Waals surface area contributed by atoms with Crippen molar-refractivity contribution in [3.63, 3.8) is 0 Å². The number of nitrogens with one attached hydrogen (secondary N) is 2. The number of carboxylic acids is 1. The van der Waals surface area contributed by atoms with Gasteiger partial charge in [-0.15, -0.1) is 0 Å². The number of urea groups is 1. The Bertz CT molecular complexity index is 525. The highest BCUT2D eigenvalue weighted by molar-refractivity contribution is 6.01. The number of para-hydroxylation sites is 1. The molecular formula is C12H15N3O4. The van der Waals surface area contributed by atoms with Gasteiger partial charge in [0.1, 0.15) is 5.54 Å². The number of aromatic carboxylic acids is 1. The minimum absolute atomic E-state index is 0.0467. The number of carboxylic acid groups (broad SMARTS) is 1. The third-order valence-corrected chi connectivity index (χ3v) is 2.45. The van der Waals surface area contributed by atoms with E-state index in [1.807, 2.05) is 0 Å². The quantitative estimate of drug-likeness (QED) is 0.642. The summed E-state index contributed by atoms with van der Waals surface area (Å²) in [6.45, 7) is 2.88. The molecule has 0 aliphatic heterocycles. The maximum Gasteiger partial charge on any atom is 0.337 e. The number of hydrogen-bond acceptors (Lipinski definition) is 3. The van der Waals surface area contributed by atoms with Crippen LogP contribution in [0.15, 0.2) is 24.3 Å². The van der Waals surface area contributed by atoms with Crippen LogP contribution in [0.3, 0.4) is 0 Å². The summed E-state index contributed by atoms with van der Waals surface area (Å²) in [5, 5.41) is 13.7. The minimum Gasteiger partial charge on any atom is -0.478 e. The van der Waals surface area contributed by atoms with E-state index in [2.05, 4.69) is 10.6 Å². The fourth-order valence-electron chi connectivity index (χ4n) is 1.28. The molecule has 0 saturated heterocycles. The first-order valence-corrected chi connectivity index (χ1v) is 5.45. The van der Waals surface area contributed by atoms with E-state index in [4.69, 9.17) is 10.8 Å². The Kier molecular flexibility index (Phi) is 4.11. The van der Waals surface area contributed by atoms with Crippen molar-refractivity contribution in [1.82, 2.24) is 5.32 Å². The van der Waals surface area contributed by atoms with Crippen LogP contribution < -0.4 is 16.4 Å². The molecule has 0 fully saturated rings. The van der Waals surface area contributed by atoms with E-state index in [1.54, 1.807) is 12.1 Å². The number of anilines is 1. The second-order valence-corrected chi connectivity index (χ2v) is 4.42. The standard InChI is InChI=1S/C12H15N3O4/c1-12(2,10(13)18)15-11(19)14-8-6-4-3-5-7(8)9(16)17/h3-6H,1-2H3,(H2,13,18)(H,16,17)(H2,14,15,19). The lowest BCUT2D eigenvalue weighted by Gasteiger charge is -2.22. The summed E-state index contributed by atoms with van der Waals surface area (Å²) in [7, 11) is 0. The van der Waals surface area contributed by atoms with Gasteiger partial charge in [0.25, 0.3) is 0 Å². The zero-order valence-corrected chi connectivity index (χ0v) is 10.6. The number of nitrogens with two attached hydrogens (primary N) is 1. The van der Waals surface area contributed by atoms with Crippen molar-refractivity contribution in [1.29, 1.82) is 0 Å². The van der Waals surface area contributed by atoms with Crippen LogP contribution in [-0.4, -0.2) is 28.6 Å². The van der Waals surface area contributed by atoms with Crippen LogP contribution in [0.25, 0.3) is 0 Å². The average Bonchev–Trinajstić information content (AvgIpc) is 2.28. The smallest absolute Gasteiger partial charge is 0.337 e. The summed E-state index contributed by atoms with van der Waals surface area (Å²) in [4.78, 5) is 33.7. The molecule has 0 heterocycles. The molecule has 0 saturated carbocycles. The molecule has 1 rings (SSSR count). The predicted molar refractivity (Wildman–Crippen MR) is 68.8 cm³/mol. The summed E-state index contributed by atoms with van der Waals surface area (Å²) < 4.78 is 0. The summed E-state index contributed by atoms with van der Waals surface area (Å²) in [6, 6.07) is 5.22. The topological polar surface area (TPSA) is 122 Å². The van der Waals surface area contributed by atoms with Gasteiger partial charge in [-0.2, -0.15) is 0 Å². The predicted octanol–water partition coefficient (Wildman–Crippen LogP) is 0.770. The molecule has 0 bridgehead atoms. The molecule has 0 radical (unpaired) electrons. The molecule has 102 valence electrons.